The molecule has 5 heteroatoms. The molecule has 0 saturated heterocycles. The number of aryl methyl sites for hydroxylation is 1. The zero-order valence-corrected chi connectivity index (χ0v) is 16.3. The summed E-state index contributed by atoms with van der Waals surface area (Å²) in [7, 11) is 1.52. The van der Waals surface area contributed by atoms with Gasteiger partial charge in [0.05, 0.1) is 7.11 Å². The van der Waals surface area contributed by atoms with Crippen molar-refractivity contribution in [1.82, 2.24) is 9.97 Å². The van der Waals surface area contributed by atoms with Crippen molar-refractivity contribution in [2.75, 3.05) is 7.11 Å². The van der Waals surface area contributed by atoms with E-state index in [4.69, 9.17) is 4.74 Å². The SMILES string of the molecule is COc1cc(C(Cc2cc(C)ccn2)c2ccc3cccnc3c2O)ccc1O. The molecule has 2 aromatic carbocycles. The molecule has 0 amide bonds. The fourth-order valence-corrected chi connectivity index (χ4v) is 3.66. The number of aromatic nitrogens is 2. The number of pyridine rings is 2. The quantitative estimate of drug-likeness (QED) is 0.518. The molecule has 4 aromatic rings. The second-order valence-electron chi connectivity index (χ2n) is 7.09. The second kappa shape index (κ2) is 7.80. The average molecular weight is 386 g/mol. The summed E-state index contributed by atoms with van der Waals surface area (Å²) in [5.74, 6) is 0.439. The Balaban J connectivity index is 1.87. The molecule has 2 heterocycles. The van der Waals surface area contributed by atoms with E-state index in [0.29, 0.717) is 17.7 Å². The van der Waals surface area contributed by atoms with E-state index in [-0.39, 0.29) is 17.4 Å². The van der Waals surface area contributed by atoms with Crippen molar-refractivity contribution in [2.24, 2.45) is 0 Å². The Morgan fingerprint density at radius 3 is 2.62 bits per heavy atom. The third-order valence-electron chi connectivity index (χ3n) is 5.15. The normalized spacial score (nSPS) is 12.1. The minimum atomic E-state index is -0.190. The maximum atomic E-state index is 11.0. The number of benzene rings is 2. The van der Waals surface area contributed by atoms with Crippen molar-refractivity contribution in [3.63, 3.8) is 0 Å². The van der Waals surface area contributed by atoms with Gasteiger partial charge in [0.2, 0.25) is 0 Å². The summed E-state index contributed by atoms with van der Waals surface area (Å²) in [6.45, 7) is 2.03. The lowest BCUT2D eigenvalue weighted by Gasteiger charge is -2.21. The number of hydrogen-bond donors (Lipinski definition) is 2. The van der Waals surface area contributed by atoms with Gasteiger partial charge >= 0.3 is 0 Å². The van der Waals surface area contributed by atoms with Crippen LogP contribution in [0.2, 0.25) is 0 Å². The zero-order valence-electron chi connectivity index (χ0n) is 16.3. The molecule has 0 aliphatic carbocycles. The number of methoxy groups -OCH3 is 1. The van der Waals surface area contributed by atoms with Crippen molar-refractivity contribution >= 4 is 10.9 Å². The van der Waals surface area contributed by atoms with Crippen molar-refractivity contribution in [3.8, 4) is 17.2 Å². The molecule has 0 saturated carbocycles. The van der Waals surface area contributed by atoms with Crippen LogP contribution in [0.4, 0.5) is 0 Å². The fourth-order valence-electron chi connectivity index (χ4n) is 3.66. The molecule has 4 rings (SSSR count). The minimum absolute atomic E-state index is 0.0769. The molecule has 2 N–H and O–H groups in total. The Morgan fingerprint density at radius 2 is 1.83 bits per heavy atom. The largest absolute Gasteiger partial charge is 0.505 e. The van der Waals surface area contributed by atoms with Crippen LogP contribution >= 0.6 is 0 Å². The Labute approximate surface area is 169 Å². The van der Waals surface area contributed by atoms with Crippen LogP contribution in [0.15, 0.2) is 67.0 Å². The van der Waals surface area contributed by atoms with Crippen LogP contribution in [-0.2, 0) is 6.42 Å². The molecular weight excluding hydrogens is 364 g/mol. The fraction of sp³-hybridized carbons (Fsp3) is 0.167. The molecule has 29 heavy (non-hydrogen) atoms. The molecular formula is C24H22N2O3. The average Bonchev–Trinajstić information content (AvgIpc) is 2.73. The summed E-state index contributed by atoms with van der Waals surface area (Å²) in [4.78, 5) is 8.86. The molecule has 0 fully saturated rings. The van der Waals surface area contributed by atoms with Crippen molar-refractivity contribution in [1.29, 1.82) is 0 Å². The molecule has 146 valence electrons. The zero-order chi connectivity index (χ0) is 20.4. The Morgan fingerprint density at radius 1 is 0.966 bits per heavy atom. The maximum Gasteiger partial charge on any atom is 0.160 e. The molecule has 0 bridgehead atoms. The first-order valence-corrected chi connectivity index (χ1v) is 9.42. The minimum Gasteiger partial charge on any atom is -0.505 e. The highest BCUT2D eigenvalue weighted by Gasteiger charge is 2.22. The van der Waals surface area contributed by atoms with Gasteiger partial charge in [-0.05, 0) is 48.4 Å². The maximum absolute atomic E-state index is 11.0. The predicted octanol–water partition coefficient (Wildman–Crippen LogP) is 4.73. The number of fused-ring (bicyclic) bond motifs is 1. The first kappa shape index (κ1) is 18.7. The second-order valence-corrected chi connectivity index (χ2v) is 7.09. The van der Waals surface area contributed by atoms with Gasteiger partial charge in [-0.2, -0.15) is 0 Å². The number of phenolic OH excluding ortho intramolecular Hbond substituents is 2. The van der Waals surface area contributed by atoms with Gasteiger partial charge in [-0.25, -0.2) is 0 Å². The lowest BCUT2D eigenvalue weighted by molar-refractivity contribution is 0.372. The van der Waals surface area contributed by atoms with E-state index in [0.717, 1.165) is 27.8 Å². The van der Waals surface area contributed by atoms with E-state index in [1.165, 1.54) is 7.11 Å². The van der Waals surface area contributed by atoms with Gasteiger partial charge in [-0.1, -0.05) is 24.3 Å². The number of hydrogen-bond acceptors (Lipinski definition) is 5. The number of ether oxygens (including phenoxy) is 1. The van der Waals surface area contributed by atoms with E-state index >= 15 is 0 Å². The third-order valence-corrected chi connectivity index (χ3v) is 5.15. The van der Waals surface area contributed by atoms with Crippen LogP contribution in [0.1, 0.15) is 28.3 Å². The van der Waals surface area contributed by atoms with Crippen LogP contribution in [0.25, 0.3) is 10.9 Å². The smallest absolute Gasteiger partial charge is 0.160 e. The monoisotopic (exact) mass is 386 g/mol. The van der Waals surface area contributed by atoms with Crippen molar-refractivity contribution in [3.05, 3.63) is 89.4 Å². The van der Waals surface area contributed by atoms with Gasteiger partial charge in [0.1, 0.15) is 11.3 Å². The lowest BCUT2D eigenvalue weighted by atomic mass is 9.85. The van der Waals surface area contributed by atoms with E-state index in [1.54, 1.807) is 24.5 Å². The van der Waals surface area contributed by atoms with E-state index < -0.39 is 0 Å². The summed E-state index contributed by atoms with van der Waals surface area (Å²) in [6, 6.07) is 16.9. The summed E-state index contributed by atoms with van der Waals surface area (Å²) in [5.41, 5.74) is 4.28. The molecule has 0 radical (unpaired) electrons. The van der Waals surface area contributed by atoms with Gasteiger partial charge in [0.15, 0.2) is 11.5 Å². The van der Waals surface area contributed by atoms with Gasteiger partial charge in [0.25, 0.3) is 0 Å². The Hall–Kier alpha value is -3.60. The van der Waals surface area contributed by atoms with E-state index in [9.17, 15) is 10.2 Å². The molecule has 0 aliphatic rings. The Bertz CT molecular complexity index is 1170. The first-order chi connectivity index (χ1) is 14.1. The van der Waals surface area contributed by atoms with Gasteiger partial charge < -0.3 is 14.9 Å². The number of nitrogens with zero attached hydrogens (tertiary/aromatic N) is 2. The van der Waals surface area contributed by atoms with Gasteiger partial charge in [0, 0.05) is 41.4 Å². The standard InChI is InChI=1S/C24H22N2O3/c1-15-9-11-25-18(12-15)14-20(17-6-8-21(27)22(13-17)29-2)19-7-5-16-4-3-10-26-23(16)24(19)28/h3-13,20,27-28H,14H2,1-2H3. The van der Waals surface area contributed by atoms with Crippen LogP contribution < -0.4 is 4.74 Å². The lowest BCUT2D eigenvalue weighted by Crippen LogP contribution is -2.08. The van der Waals surface area contributed by atoms with Crippen molar-refractivity contribution < 1.29 is 14.9 Å². The molecule has 5 nitrogen and oxygen atoms in total. The summed E-state index contributed by atoms with van der Waals surface area (Å²) >= 11 is 0. The highest BCUT2D eigenvalue weighted by molar-refractivity contribution is 5.85. The molecule has 0 spiro atoms. The number of phenols is 2. The van der Waals surface area contributed by atoms with Crippen LogP contribution in [0.5, 0.6) is 17.2 Å². The third kappa shape index (κ3) is 3.72. The Kier molecular flexibility index (Phi) is 5.04. The van der Waals surface area contributed by atoms with Crippen LogP contribution in [-0.4, -0.2) is 27.3 Å². The highest BCUT2D eigenvalue weighted by Crippen LogP contribution is 2.39. The molecule has 2 aromatic heterocycles. The number of rotatable bonds is 5. The molecule has 1 unspecified atom stereocenters. The summed E-state index contributed by atoms with van der Waals surface area (Å²) in [5, 5.41) is 21.9. The molecule has 1 atom stereocenters. The van der Waals surface area contributed by atoms with Gasteiger partial charge in [-0.15, -0.1) is 0 Å². The first-order valence-electron chi connectivity index (χ1n) is 9.42. The van der Waals surface area contributed by atoms with Crippen LogP contribution in [0, 0.1) is 6.92 Å². The summed E-state index contributed by atoms with van der Waals surface area (Å²) in [6.07, 6.45) is 4.05. The highest BCUT2D eigenvalue weighted by atomic mass is 16.5. The number of aromatic hydroxyl groups is 2. The van der Waals surface area contributed by atoms with Crippen molar-refractivity contribution in [2.45, 2.75) is 19.3 Å². The van der Waals surface area contributed by atoms with E-state index in [1.807, 2.05) is 49.4 Å². The topological polar surface area (TPSA) is 75.5 Å². The van der Waals surface area contributed by atoms with Crippen LogP contribution in [0.3, 0.4) is 0 Å². The predicted molar refractivity (Wildman–Crippen MR) is 113 cm³/mol. The van der Waals surface area contributed by atoms with Gasteiger partial charge in [-0.3, -0.25) is 9.97 Å². The van der Waals surface area contributed by atoms with E-state index in [2.05, 4.69) is 9.97 Å². The summed E-state index contributed by atoms with van der Waals surface area (Å²) < 4.78 is 5.30. The molecule has 0 aliphatic heterocycles.